The van der Waals surface area contributed by atoms with Crippen LogP contribution in [-0.4, -0.2) is 0 Å². The smallest absolute Gasteiger partial charge is 0.00928 e. The summed E-state index contributed by atoms with van der Waals surface area (Å²) >= 11 is 0. The molecule has 0 aliphatic rings. The molecule has 0 N–H and O–H groups in total. The standard InChI is InChI=1S/C84H54/c1-3-15-55(16-4-1)67-47-69(51-71(49-67)63-39-31-59(32-40-63)65-43-45-81-77-23-9-7-19-73(77)75-21-11-13-25-79(75)83(81)53-65)61-35-27-57(28-36-61)58-29-37-62(38-30-58)70-48-68(56-17-5-2-6-18-56)50-72(52-70)64-41-33-60(34-42-64)66-44-46-82-78-24-10-8-20-74(78)76-22-12-14-26-80(76)84(82)54-66/h1-54H. The summed E-state index contributed by atoms with van der Waals surface area (Å²) in [6, 6.07) is 121. The van der Waals surface area contributed by atoms with E-state index in [4.69, 9.17) is 0 Å². The van der Waals surface area contributed by atoms with E-state index in [2.05, 4.69) is 328 Å². The van der Waals surface area contributed by atoms with Crippen molar-refractivity contribution in [3.05, 3.63) is 328 Å². The van der Waals surface area contributed by atoms with E-state index in [0.717, 1.165) is 0 Å². The zero-order chi connectivity index (χ0) is 55.5. The van der Waals surface area contributed by atoms with Gasteiger partial charge in [0.05, 0.1) is 0 Å². The van der Waals surface area contributed by atoms with Crippen molar-refractivity contribution in [2.45, 2.75) is 0 Å². The third-order valence-corrected chi connectivity index (χ3v) is 17.4. The quantitative estimate of drug-likeness (QED) is 0.126. The average molecular weight is 1060 g/mol. The van der Waals surface area contributed by atoms with Crippen molar-refractivity contribution in [3.63, 3.8) is 0 Å². The van der Waals surface area contributed by atoms with Gasteiger partial charge in [0, 0.05) is 0 Å². The summed E-state index contributed by atoms with van der Waals surface area (Å²) in [4.78, 5) is 0. The van der Waals surface area contributed by atoms with Crippen molar-refractivity contribution in [1.82, 2.24) is 0 Å². The first-order valence-electron chi connectivity index (χ1n) is 29.1. The minimum absolute atomic E-state index is 1.18. The third kappa shape index (κ3) is 8.81. The number of fused-ring (bicyclic) bond motifs is 12. The molecule has 0 saturated heterocycles. The lowest BCUT2D eigenvalue weighted by Gasteiger charge is -2.14. The number of rotatable bonds is 9. The summed E-state index contributed by atoms with van der Waals surface area (Å²) in [6.45, 7) is 0. The van der Waals surface area contributed by atoms with Gasteiger partial charge in [0.2, 0.25) is 0 Å². The Kier molecular flexibility index (Phi) is 12.0. The molecule has 390 valence electrons. The Morgan fingerprint density at radius 1 is 0.0833 bits per heavy atom. The van der Waals surface area contributed by atoms with Crippen LogP contribution in [-0.2, 0) is 0 Å². The molecule has 0 heterocycles. The van der Waals surface area contributed by atoms with Crippen LogP contribution in [0.25, 0.3) is 165 Å². The molecule has 16 aromatic rings. The van der Waals surface area contributed by atoms with Crippen LogP contribution in [0.2, 0.25) is 0 Å². The van der Waals surface area contributed by atoms with Crippen LogP contribution in [0.3, 0.4) is 0 Å². The van der Waals surface area contributed by atoms with Crippen LogP contribution < -0.4 is 0 Å². The molecule has 0 fully saturated rings. The molecule has 0 radical (unpaired) electrons. The molecule has 16 rings (SSSR count). The molecule has 16 aromatic carbocycles. The molecule has 0 atom stereocenters. The fourth-order valence-corrected chi connectivity index (χ4v) is 13.1. The second-order valence-electron chi connectivity index (χ2n) is 22.3. The van der Waals surface area contributed by atoms with Crippen LogP contribution in [0.1, 0.15) is 0 Å². The molecule has 0 spiro atoms. The highest BCUT2D eigenvalue weighted by Crippen LogP contribution is 2.42. The van der Waals surface area contributed by atoms with E-state index in [1.807, 2.05) is 0 Å². The molecule has 84 heavy (non-hydrogen) atoms. The maximum atomic E-state index is 2.38. The monoisotopic (exact) mass is 1060 g/mol. The Morgan fingerprint density at radius 2 is 0.238 bits per heavy atom. The van der Waals surface area contributed by atoms with Gasteiger partial charge in [-0.15, -0.1) is 0 Å². The highest BCUT2D eigenvalue weighted by molar-refractivity contribution is 6.27. The predicted octanol–water partition coefficient (Wildman–Crippen LogP) is 23.6. The second kappa shape index (κ2) is 20.6. The lowest BCUT2D eigenvalue weighted by Crippen LogP contribution is -1.88. The fourth-order valence-electron chi connectivity index (χ4n) is 13.1. The molecule has 0 aliphatic carbocycles. The fraction of sp³-hybridized carbons (Fsp3) is 0. The third-order valence-electron chi connectivity index (χ3n) is 17.4. The molecule has 0 unspecified atom stereocenters. The molecule has 0 aromatic heterocycles. The van der Waals surface area contributed by atoms with Crippen LogP contribution in [0, 0.1) is 0 Å². The van der Waals surface area contributed by atoms with Gasteiger partial charge in [0.1, 0.15) is 0 Å². The number of hydrogen-bond acceptors (Lipinski definition) is 0. The summed E-state index contributed by atoms with van der Waals surface area (Å²) in [5.41, 5.74) is 21.5. The van der Waals surface area contributed by atoms with E-state index in [9.17, 15) is 0 Å². The second-order valence-corrected chi connectivity index (χ2v) is 22.3. The maximum Gasteiger partial charge on any atom is -0.00928 e. The average Bonchev–Trinajstić information content (AvgIpc) is 3.57. The zero-order valence-electron chi connectivity index (χ0n) is 46.2. The summed E-state index contributed by atoms with van der Waals surface area (Å²) in [5.74, 6) is 0. The number of hydrogen-bond donors (Lipinski definition) is 0. The molecule has 0 aliphatic heterocycles. The van der Waals surface area contributed by atoms with Gasteiger partial charge in [-0.25, -0.2) is 0 Å². The van der Waals surface area contributed by atoms with Crippen LogP contribution >= 0.6 is 0 Å². The van der Waals surface area contributed by atoms with Crippen molar-refractivity contribution in [3.8, 4) is 100 Å². The van der Waals surface area contributed by atoms with Crippen molar-refractivity contribution < 1.29 is 0 Å². The minimum Gasteiger partial charge on any atom is -0.0622 e. The van der Waals surface area contributed by atoms with Crippen molar-refractivity contribution in [2.75, 3.05) is 0 Å². The summed E-state index contributed by atoms with van der Waals surface area (Å²) < 4.78 is 0. The molecular formula is C84H54. The van der Waals surface area contributed by atoms with Gasteiger partial charge < -0.3 is 0 Å². The van der Waals surface area contributed by atoms with E-state index >= 15 is 0 Å². The molecular weight excluding hydrogens is 1010 g/mol. The van der Waals surface area contributed by atoms with Gasteiger partial charge in [0.15, 0.2) is 0 Å². The maximum absolute atomic E-state index is 2.38. The van der Waals surface area contributed by atoms with Gasteiger partial charge >= 0.3 is 0 Å². The molecule has 0 saturated carbocycles. The van der Waals surface area contributed by atoms with Crippen LogP contribution in [0.15, 0.2) is 328 Å². The zero-order valence-corrected chi connectivity index (χ0v) is 46.2. The first-order valence-corrected chi connectivity index (χ1v) is 29.1. The summed E-state index contributed by atoms with van der Waals surface area (Å²) in [6.07, 6.45) is 0. The summed E-state index contributed by atoms with van der Waals surface area (Å²) in [5, 5.41) is 15.5. The van der Waals surface area contributed by atoms with Crippen molar-refractivity contribution in [1.29, 1.82) is 0 Å². The van der Waals surface area contributed by atoms with Crippen LogP contribution in [0.4, 0.5) is 0 Å². The molecule has 0 nitrogen and oxygen atoms in total. The predicted molar refractivity (Wildman–Crippen MR) is 360 cm³/mol. The van der Waals surface area contributed by atoms with Gasteiger partial charge in [-0.1, -0.05) is 279 Å². The molecule has 0 amide bonds. The normalized spacial score (nSPS) is 11.6. The SMILES string of the molecule is c1ccc(-c2cc(-c3ccc(-c4ccc(-c5cc(-c6ccccc6)cc(-c6ccc(-c7ccc8c9ccccc9c9ccccc9c8c7)cc6)c5)cc4)cc3)cc(-c3ccc(-c4ccc5c6ccccc6c6ccccc6c5c4)cc3)c2)cc1. The minimum atomic E-state index is 1.18. The van der Waals surface area contributed by atoms with Gasteiger partial charge in [0.25, 0.3) is 0 Å². The Labute approximate surface area is 489 Å². The first kappa shape index (κ1) is 48.9. The lowest BCUT2D eigenvalue weighted by molar-refractivity contribution is 1.55. The highest BCUT2D eigenvalue weighted by atomic mass is 14.2. The Morgan fingerprint density at radius 3 is 0.476 bits per heavy atom. The largest absolute Gasteiger partial charge is 0.0622 e. The van der Waals surface area contributed by atoms with Gasteiger partial charge in [-0.05, 0) is 213 Å². The Bertz CT molecular complexity index is 4770. The molecule has 0 heteroatoms. The first-order chi connectivity index (χ1) is 41.6. The highest BCUT2D eigenvalue weighted by Gasteiger charge is 2.15. The van der Waals surface area contributed by atoms with E-state index in [1.54, 1.807) is 0 Å². The van der Waals surface area contributed by atoms with E-state index < -0.39 is 0 Å². The number of benzene rings is 16. The topological polar surface area (TPSA) is 0 Å². The summed E-state index contributed by atoms with van der Waals surface area (Å²) in [7, 11) is 0. The Hall–Kier alpha value is -10.9. The van der Waals surface area contributed by atoms with Crippen molar-refractivity contribution in [2.24, 2.45) is 0 Å². The Balaban J connectivity index is 0.687. The van der Waals surface area contributed by atoms with Crippen molar-refractivity contribution >= 4 is 64.6 Å². The lowest BCUT2D eigenvalue weighted by atomic mass is 9.90. The van der Waals surface area contributed by atoms with E-state index in [0.29, 0.717) is 0 Å². The van der Waals surface area contributed by atoms with Crippen LogP contribution in [0.5, 0.6) is 0 Å². The van der Waals surface area contributed by atoms with E-state index in [-0.39, 0.29) is 0 Å². The van der Waals surface area contributed by atoms with Gasteiger partial charge in [-0.2, -0.15) is 0 Å². The van der Waals surface area contributed by atoms with E-state index in [1.165, 1.54) is 165 Å². The van der Waals surface area contributed by atoms with Gasteiger partial charge in [-0.3, -0.25) is 0 Å². The molecule has 0 bridgehead atoms.